The second-order valence-electron chi connectivity index (χ2n) is 13.9. The molecule has 2 aromatic rings. The molecule has 6 rings (SSSR count). The Hall–Kier alpha value is -0.0469. The zero-order chi connectivity index (χ0) is 33.4. The fourth-order valence-electron chi connectivity index (χ4n) is 8.39. The number of carbonyl (C=O) groups excluding carboxylic acids is 3. The van der Waals surface area contributed by atoms with Crippen LogP contribution in [0, 0.1) is 112 Å². The Labute approximate surface area is 356 Å². The minimum absolute atomic E-state index is 0. The maximum absolute atomic E-state index is 14.4. The molecule has 1 aromatic carbocycles. The summed E-state index contributed by atoms with van der Waals surface area (Å²) >= 11 is 1.27. The van der Waals surface area contributed by atoms with Crippen LogP contribution in [0.3, 0.4) is 0 Å². The van der Waals surface area contributed by atoms with Gasteiger partial charge >= 0.3 is 11.9 Å². The van der Waals surface area contributed by atoms with Gasteiger partial charge in [0.1, 0.15) is 29.5 Å². The summed E-state index contributed by atoms with van der Waals surface area (Å²) in [5.41, 5.74) is -5.98. The fourth-order valence-corrected chi connectivity index (χ4v) is 9.15. The molecule has 4 aliphatic rings. The number of esters is 2. The van der Waals surface area contributed by atoms with Crippen LogP contribution >= 0.6 is 11.3 Å². The van der Waals surface area contributed by atoms with Gasteiger partial charge in [-0.1, -0.05) is 45.0 Å². The van der Waals surface area contributed by atoms with Crippen molar-refractivity contribution in [3.8, 4) is 0 Å². The second-order valence-corrected chi connectivity index (χ2v) is 14.9. The van der Waals surface area contributed by atoms with Gasteiger partial charge in [0.05, 0.1) is 18.3 Å². The smallest absolute Gasteiger partial charge is 0.338 e. The van der Waals surface area contributed by atoms with E-state index in [1.807, 2.05) is 0 Å². The van der Waals surface area contributed by atoms with Crippen molar-refractivity contribution in [3.63, 3.8) is 0 Å². The van der Waals surface area contributed by atoms with Gasteiger partial charge < -0.3 is 34.6 Å². The molecular weight excluding hydrogens is 1070 g/mol. The Morgan fingerprint density at radius 3 is 2.31 bits per heavy atom. The molecule has 2 saturated carbocycles. The molecule has 2 bridgehead atoms. The van der Waals surface area contributed by atoms with E-state index >= 15 is 0 Å². The molecule has 252 valence electrons. The van der Waals surface area contributed by atoms with Crippen molar-refractivity contribution in [1.82, 2.24) is 0 Å². The topological polar surface area (TPSA) is 160 Å². The summed E-state index contributed by atoms with van der Waals surface area (Å²) in [7, 11) is 0. The summed E-state index contributed by atoms with van der Waals surface area (Å²) in [5.74, 6) is -4.71. The van der Waals surface area contributed by atoms with Crippen LogP contribution < -0.4 is 0 Å². The summed E-state index contributed by atoms with van der Waals surface area (Å²) in [6.07, 6.45) is -6.73. The summed E-state index contributed by atoms with van der Waals surface area (Å²) < 4.78 is 17.7. The number of ketones is 1. The Kier molecular flexibility index (Phi) is 12.5. The predicted molar refractivity (Wildman–Crippen MR) is 165 cm³/mol. The number of Topliss-reactive ketones (excluding diaryl/α,β-unsaturated/α-hetero) is 1. The van der Waals surface area contributed by atoms with Crippen LogP contribution in [0.15, 0.2) is 59.0 Å². The fraction of sp³-hybridized carbons (Fsp3) is 0.543. The first-order chi connectivity index (χ1) is 21.6. The van der Waals surface area contributed by atoms with Crippen molar-refractivity contribution in [2.75, 3.05) is 6.61 Å². The SMILES string of the molecule is [Ac].[Ac].[CH]C(c1cccs1)C(O)C(=O)OC1CC2(O)C(OC(=O)c3ccccc3)C3C4(O)COC4CC[C@@]3(C)C(=O)C(O)C(=C1C)C2(C)C. The molecule has 1 saturated heterocycles. The first-order valence-corrected chi connectivity index (χ1v) is 16.4. The molecule has 2 heterocycles. The van der Waals surface area contributed by atoms with Crippen LogP contribution in [0.25, 0.3) is 0 Å². The number of ether oxygens (including phenoxy) is 3. The molecule has 13 heteroatoms. The number of carbonyl (C=O) groups is 3. The quantitative estimate of drug-likeness (QED) is 0.251. The summed E-state index contributed by atoms with van der Waals surface area (Å²) in [6.45, 7) is 12.5. The molecular formula is C35H40Ac2O10S. The molecule has 4 radical (unpaired) electrons. The monoisotopic (exact) mass is 1110 g/mol. The molecule has 9 unspecified atom stereocenters. The van der Waals surface area contributed by atoms with Gasteiger partial charge in [-0.2, -0.15) is 0 Å². The van der Waals surface area contributed by atoms with Crippen LogP contribution in [-0.4, -0.2) is 86.5 Å². The number of benzene rings is 1. The molecule has 1 aliphatic heterocycles. The van der Waals surface area contributed by atoms with Gasteiger partial charge in [-0.25, -0.2) is 9.59 Å². The van der Waals surface area contributed by atoms with Gasteiger partial charge in [0.2, 0.25) is 0 Å². The van der Waals surface area contributed by atoms with E-state index in [1.54, 1.807) is 75.5 Å². The number of thiophene rings is 1. The molecule has 0 amide bonds. The third-order valence-corrected chi connectivity index (χ3v) is 12.2. The normalized spacial score (nSPS) is 36.3. The number of aliphatic hydroxyl groups is 4. The molecule has 48 heavy (non-hydrogen) atoms. The van der Waals surface area contributed by atoms with Crippen LogP contribution in [0.2, 0.25) is 0 Å². The third-order valence-electron chi connectivity index (χ3n) is 11.2. The minimum atomic E-state index is -2.10. The van der Waals surface area contributed by atoms with Crippen LogP contribution in [0.1, 0.15) is 68.1 Å². The summed E-state index contributed by atoms with van der Waals surface area (Å²) in [4.78, 5) is 42.1. The maximum atomic E-state index is 14.4. The van der Waals surface area contributed by atoms with Crippen molar-refractivity contribution in [3.05, 3.63) is 76.4 Å². The molecule has 10 nitrogen and oxygen atoms in total. The Balaban J connectivity index is 0.00000260. The second kappa shape index (κ2) is 14.8. The van der Waals surface area contributed by atoms with E-state index in [-0.39, 0.29) is 119 Å². The van der Waals surface area contributed by atoms with Crippen LogP contribution in [0.5, 0.6) is 0 Å². The number of hydrogen-bond acceptors (Lipinski definition) is 11. The molecule has 10 atom stereocenters. The minimum Gasteiger partial charge on any atom is -0.456 e. The molecule has 3 fully saturated rings. The van der Waals surface area contributed by atoms with Gasteiger partial charge in [0.15, 0.2) is 11.9 Å². The first kappa shape index (κ1) is 40.7. The van der Waals surface area contributed by atoms with Gasteiger partial charge in [-0.3, -0.25) is 4.79 Å². The molecule has 1 aromatic heterocycles. The summed E-state index contributed by atoms with van der Waals surface area (Å²) in [5, 5.41) is 49.6. The molecule has 4 N–H and O–H groups in total. The van der Waals surface area contributed by atoms with Crippen molar-refractivity contribution in [2.45, 2.75) is 94.6 Å². The maximum Gasteiger partial charge on any atom is 0.338 e. The van der Waals surface area contributed by atoms with Gasteiger partial charge in [-0.15, -0.1) is 11.3 Å². The van der Waals surface area contributed by atoms with E-state index in [1.165, 1.54) is 11.3 Å². The standard InChI is InChI=1S/C35H40O10S.2Ac/c1-18-21(44-31(40)25(36)19(2)22-12-9-15-46-22)16-35(42)29(45-30(39)20-10-7-6-8-11-20)27-33(5,14-13-23-34(27,41)17-43-23)28(38)26(37)24(18)32(35,3)4;;/h2,6-12,15,19,21,23,25-27,29,36-37,41-42H,13-14,16-17H2,1,3-5H3;;/t19?,21?,23?,25?,26?,27?,29?,33-,34?,35?;;/m1../s1. The van der Waals surface area contributed by atoms with Crippen molar-refractivity contribution >= 4 is 29.1 Å². The van der Waals surface area contributed by atoms with Gasteiger partial charge in [0.25, 0.3) is 0 Å². The van der Waals surface area contributed by atoms with E-state index in [2.05, 4.69) is 0 Å². The molecule has 0 spiro atoms. The van der Waals surface area contributed by atoms with Crippen molar-refractivity contribution < 1.29 is 137 Å². The Morgan fingerprint density at radius 1 is 1.06 bits per heavy atom. The van der Waals surface area contributed by atoms with E-state index in [9.17, 15) is 34.8 Å². The zero-order valence-corrected chi connectivity index (χ0v) is 37.7. The number of rotatable bonds is 6. The van der Waals surface area contributed by atoms with E-state index in [0.717, 1.165) is 0 Å². The summed E-state index contributed by atoms with van der Waals surface area (Å²) in [6, 6.07) is 11.6. The number of aliphatic hydroxyl groups excluding tert-OH is 2. The van der Waals surface area contributed by atoms with E-state index < -0.39 is 82.1 Å². The number of fused-ring (bicyclic) bond motifs is 5. The van der Waals surface area contributed by atoms with E-state index in [0.29, 0.717) is 16.9 Å². The Morgan fingerprint density at radius 2 is 1.73 bits per heavy atom. The predicted octanol–water partition coefficient (Wildman–Crippen LogP) is 3.01. The number of hydrogen-bond donors (Lipinski definition) is 4. The zero-order valence-electron chi connectivity index (χ0n) is 27.4. The average Bonchev–Trinajstić information content (AvgIpc) is 3.56. The largest absolute Gasteiger partial charge is 0.456 e. The third kappa shape index (κ3) is 6.35. The van der Waals surface area contributed by atoms with Crippen molar-refractivity contribution in [2.24, 2.45) is 16.7 Å². The van der Waals surface area contributed by atoms with Crippen molar-refractivity contribution in [1.29, 1.82) is 0 Å². The average molecular weight is 1110 g/mol. The molecule has 3 aliphatic carbocycles. The van der Waals surface area contributed by atoms with E-state index in [4.69, 9.17) is 21.1 Å². The van der Waals surface area contributed by atoms with Gasteiger partial charge in [0, 0.05) is 122 Å². The van der Waals surface area contributed by atoms with Gasteiger partial charge in [-0.05, 0) is 61.4 Å². The van der Waals surface area contributed by atoms with Crippen LogP contribution in [-0.2, 0) is 23.8 Å². The Bertz CT molecular complexity index is 1560. The first-order valence-electron chi connectivity index (χ1n) is 15.5. The van der Waals surface area contributed by atoms with Crippen LogP contribution in [0.4, 0.5) is 0 Å².